The maximum atomic E-state index is 13.3. The number of aromatic nitrogens is 1. The van der Waals surface area contributed by atoms with Crippen molar-refractivity contribution in [3.63, 3.8) is 0 Å². The van der Waals surface area contributed by atoms with Gasteiger partial charge in [-0.25, -0.2) is 9.59 Å². The van der Waals surface area contributed by atoms with E-state index in [1.807, 2.05) is 32.4 Å². The van der Waals surface area contributed by atoms with Crippen molar-refractivity contribution >= 4 is 39.3 Å². The molecule has 0 bridgehead atoms. The maximum Gasteiger partial charge on any atom is 0.407 e. The van der Waals surface area contributed by atoms with Crippen LogP contribution in [-0.2, 0) is 23.1 Å². The van der Waals surface area contributed by atoms with Crippen LogP contribution in [0.15, 0.2) is 60.7 Å². The van der Waals surface area contributed by atoms with Crippen molar-refractivity contribution in [1.29, 1.82) is 0 Å². The van der Waals surface area contributed by atoms with Crippen molar-refractivity contribution in [3.05, 3.63) is 77.5 Å². The van der Waals surface area contributed by atoms with Gasteiger partial charge in [-0.05, 0) is 92.1 Å². The number of carbonyl (C=O) groups excluding carboxylic acids is 2. The summed E-state index contributed by atoms with van der Waals surface area (Å²) >= 11 is 0. The molecule has 202 valence electrons. The number of nitrogens with zero attached hydrogens (tertiary/aromatic N) is 1. The van der Waals surface area contributed by atoms with Crippen molar-refractivity contribution in [2.24, 2.45) is 7.05 Å². The minimum absolute atomic E-state index is 0.135. The molecule has 0 spiro atoms. The molecule has 1 aliphatic rings. The van der Waals surface area contributed by atoms with Gasteiger partial charge in [0.25, 0.3) is 0 Å². The zero-order chi connectivity index (χ0) is 27.7. The molecule has 1 aliphatic carbocycles. The molecule has 0 aliphatic heterocycles. The summed E-state index contributed by atoms with van der Waals surface area (Å²) in [5.74, 6) is -0.395. The average Bonchev–Trinajstić information content (AvgIpc) is 3.52. The van der Waals surface area contributed by atoms with E-state index < -0.39 is 17.7 Å². The van der Waals surface area contributed by atoms with E-state index >= 15 is 0 Å². The Hall–Kier alpha value is -4.06. The van der Waals surface area contributed by atoms with Gasteiger partial charge in [-0.1, -0.05) is 48.5 Å². The topological polar surface area (TPSA) is 69.6 Å². The van der Waals surface area contributed by atoms with Gasteiger partial charge in [0.05, 0.1) is 24.4 Å². The monoisotopic (exact) mass is 524 g/mol. The minimum atomic E-state index is -0.621. The Morgan fingerprint density at radius 3 is 2.46 bits per heavy atom. The van der Waals surface area contributed by atoms with E-state index in [0.29, 0.717) is 11.3 Å². The molecule has 5 rings (SSSR count). The molecule has 0 saturated carbocycles. The molecule has 0 saturated heterocycles. The highest BCUT2D eigenvalue weighted by Gasteiger charge is 2.26. The highest BCUT2D eigenvalue weighted by molar-refractivity contribution is 6.10. The van der Waals surface area contributed by atoms with Crippen LogP contribution in [0.2, 0.25) is 0 Å². The van der Waals surface area contributed by atoms with Gasteiger partial charge < -0.3 is 19.4 Å². The highest BCUT2D eigenvalue weighted by Crippen LogP contribution is 2.41. The van der Waals surface area contributed by atoms with E-state index in [2.05, 4.69) is 66.0 Å². The molecule has 0 atom stereocenters. The molecule has 39 heavy (non-hydrogen) atoms. The SMILES string of the molecule is CCOC(=O)c1c(CNC(=O)OC(C)(C)C)n(C)c2cc(-c3cccc4ccccc34)c(C3=CCCC3)cc12. The second-order valence-corrected chi connectivity index (χ2v) is 11.0. The fourth-order valence-electron chi connectivity index (χ4n) is 5.51. The number of allylic oxidation sites excluding steroid dienone is 2. The number of carbonyl (C=O) groups is 2. The summed E-state index contributed by atoms with van der Waals surface area (Å²) < 4.78 is 12.9. The molecule has 1 aromatic heterocycles. The maximum absolute atomic E-state index is 13.3. The second-order valence-electron chi connectivity index (χ2n) is 11.0. The third-order valence-electron chi connectivity index (χ3n) is 7.21. The molecule has 4 aromatic rings. The first kappa shape index (κ1) is 26.5. The number of fused-ring (bicyclic) bond motifs is 2. The number of ether oxygens (including phenoxy) is 2. The Balaban J connectivity index is 1.72. The molecule has 1 heterocycles. The summed E-state index contributed by atoms with van der Waals surface area (Å²) in [5, 5.41) is 6.03. The first-order valence-electron chi connectivity index (χ1n) is 13.6. The van der Waals surface area contributed by atoms with E-state index in [1.54, 1.807) is 6.92 Å². The number of rotatable bonds is 6. The van der Waals surface area contributed by atoms with E-state index in [1.165, 1.54) is 16.3 Å². The van der Waals surface area contributed by atoms with Crippen LogP contribution in [0.1, 0.15) is 68.6 Å². The lowest BCUT2D eigenvalue weighted by Gasteiger charge is -2.20. The van der Waals surface area contributed by atoms with Crippen molar-refractivity contribution in [2.45, 2.75) is 59.1 Å². The molecule has 6 heteroatoms. The fourth-order valence-corrected chi connectivity index (χ4v) is 5.51. The van der Waals surface area contributed by atoms with Crippen LogP contribution in [-0.4, -0.2) is 28.8 Å². The summed E-state index contributed by atoms with van der Waals surface area (Å²) in [7, 11) is 1.93. The van der Waals surface area contributed by atoms with Crippen LogP contribution in [0.25, 0.3) is 38.4 Å². The van der Waals surface area contributed by atoms with Gasteiger partial charge in [-0.2, -0.15) is 0 Å². The molecular formula is C33H36N2O4. The van der Waals surface area contributed by atoms with Gasteiger partial charge in [0.2, 0.25) is 0 Å². The van der Waals surface area contributed by atoms with Crippen molar-refractivity contribution in [2.75, 3.05) is 6.61 Å². The Morgan fingerprint density at radius 1 is 0.974 bits per heavy atom. The van der Waals surface area contributed by atoms with Crippen LogP contribution >= 0.6 is 0 Å². The first-order valence-corrected chi connectivity index (χ1v) is 13.6. The van der Waals surface area contributed by atoms with E-state index in [4.69, 9.17) is 9.47 Å². The van der Waals surface area contributed by atoms with Crippen LogP contribution in [0.3, 0.4) is 0 Å². The van der Waals surface area contributed by atoms with Gasteiger partial charge in [-0.15, -0.1) is 0 Å². The molecular weight excluding hydrogens is 488 g/mol. The van der Waals surface area contributed by atoms with Crippen LogP contribution in [0.4, 0.5) is 4.79 Å². The van der Waals surface area contributed by atoms with Gasteiger partial charge in [-0.3, -0.25) is 0 Å². The third-order valence-corrected chi connectivity index (χ3v) is 7.21. The molecule has 3 aromatic carbocycles. The Kier molecular flexibility index (Phi) is 7.21. The number of esters is 1. The zero-order valence-electron chi connectivity index (χ0n) is 23.4. The fraction of sp³-hybridized carbons (Fsp3) is 0.333. The predicted molar refractivity (Wildman–Crippen MR) is 157 cm³/mol. The minimum Gasteiger partial charge on any atom is -0.462 e. The summed E-state index contributed by atoms with van der Waals surface area (Å²) in [5.41, 5.74) is 6.17. The van der Waals surface area contributed by atoms with Gasteiger partial charge in [0.1, 0.15) is 5.60 Å². The van der Waals surface area contributed by atoms with Crippen LogP contribution < -0.4 is 5.32 Å². The number of nitrogens with one attached hydrogen (secondary N) is 1. The normalized spacial score (nSPS) is 13.5. The molecule has 0 fully saturated rings. The quantitative estimate of drug-likeness (QED) is 0.262. The number of amides is 1. The van der Waals surface area contributed by atoms with Gasteiger partial charge in [0, 0.05) is 18.0 Å². The lowest BCUT2D eigenvalue weighted by molar-refractivity contribution is 0.0502. The first-order chi connectivity index (χ1) is 18.7. The van der Waals surface area contributed by atoms with Gasteiger partial charge in [0.15, 0.2) is 0 Å². The van der Waals surface area contributed by atoms with Gasteiger partial charge >= 0.3 is 12.1 Å². The molecule has 1 N–H and O–H groups in total. The van der Waals surface area contributed by atoms with E-state index in [-0.39, 0.29) is 13.2 Å². The lowest BCUT2D eigenvalue weighted by Crippen LogP contribution is -2.33. The molecule has 0 radical (unpaired) electrons. The zero-order valence-corrected chi connectivity index (χ0v) is 23.4. The second kappa shape index (κ2) is 10.6. The number of alkyl carbamates (subject to hydrolysis) is 1. The number of benzene rings is 3. The number of hydrogen-bond donors (Lipinski definition) is 1. The van der Waals surface area contributed by atoms with Crippen LogP contribution in [0.5, 0.6) is 0 Å². The van der Waals surface area contributed by atoms with E-state index in [9.17, 15) is 9.59 Å². The summed E-state index contributed by atoms with van der Waals surface area (Å²) in [6.45, 7) is 7.66. The Morgan fingerprint density at radius 2 is 1.74 bits per heavy atom. The number of hydrogen-bond acceptors (Lipinski definition) is 4. The van der Waals surface area contributed by atoms with Crippen molar-refractivity contribution in [1.82, 2.24) is 9.88 Å². The molecule has 1 amide bonds. The Bertz CT molecular complexity index is 1600. The lowest BCUT2D eigenvalue weighted by atomic mass is 9.89. The molecule has 6 nitrogen and oxygen atoms in total. The third kappa shape index (κ3) is 5.29. The Labute approximate surface area is 229 Å². The standard InChI is InChI=1S/C33H36N2O4/c1-6-38-31(36)30-27-18-25(22-13-7-8-14-22)26(24-17-11-15-21-12-9-10-16-23(21)24)19-28(27)35(5)29(30)20-34-32(37)39-33(2,3)4/h9-13,15-19H,6-8,14,20H2,1-5H3,(H,34,37). The number of aryl methyl sites for hydroxylation is 1. The summed E-state index contributed by atoms with van der Waals surface area (Å²) in [6, 6.07) is 19.2. The average molecular weight is 525 g/mol. The molecule has 0 unspecified atom stereocenters. The van der Waals surface area contributed by atoms with Crippen molar-refractivity contribution < 1.29 is 19.1 Å². The van der Waals surface area contributed by atoms with E-state index in [0.717, 1.165) is 46.9 Å². The van der Waals surface area contributed by atoms with Crippen LogP contribution in [0, 0.1) is 0 Å². The smallest absolute Gasteiger partial charge is 0.407 e. The largest absolute Gasteiger partial charge is 0.462 e. The predicted octanol–water partition coefficient (Wildman–Crippen LogP) is 7.77. The highest BCUT2D eigenvalue weighted by atomic mass is 16.6. The summed E-state index contributed by atoms with van der Waals surface area (Å²) in [4.78, 5) is 25.8. The van der Waals surface area contributed by atoms with Crippen molar-refractivity contribution in [3.8, 4) is 11.1 Å². The summed E-state index contributed by atoms with van der Waals surface area (Å²) in [6.07, 6.45) is 4.95.